The predicted octanol–water partition coefficient (Wildman–Crippen LogP) is 5.34. The first-order valence-corrected chi connectivity index (χ1v) is 10.4. The molecule has 1 N–H and O–H groups in total. The van der Waals surface area contributed by atoms with Crippen molar-refractivity contribution in [3.05, 3.63) is 83.8 Å². The molecule has 0 aliphatic heterocycles. The summed E-state index contributed by atoms with van der Waals surface area (Å²) in [5.74, 6) is 1.18. The fourth-order valence-electron chi connectivity index (χ4n) is 2.55. The molecule has 2 heterocycles. The number of aromatic nitrogens is 1. The van der Waals surface area contributed by atoms with Crippen LogP contribution in [0.2, 0.25) is 0 Å². The molecule has 5 nitrogen and oxygen atoms in total. The third-order valence-corrected chi connectivity index (χ3v) is 6.31. The van der Waals surface area contributed by atoms with Gasteiger partial charge in [0.1, 0.15) is 11.5 Å². The van der Waals surface area contributed by atoms with E-state index in [0.717, 1.165) is 21.2 Å². The van der Waals surface area contributed by atoms with Crippen molar-refractivity contribution in [2.75, 3.05) is 0 Å². The minimum atomic E-state index is -0.253. The van der Waals surface area contributed by atoms with E-state index in [9.17, 15) is 4.79 Å². The number of fused-ring (bicyclic) bond motifs is 1. The van der Waals surface area contributed by atoms with Gasteiger partial charge in [-0.2, -0.15) is 5.10 Å². The first-order valence-electron chi connectivity index (χ1n) is 8.65. The van der Waals surface area contributed by atoms with E-state index in [2.05, 4.69) is 21.6 Å². The minimum Gasteiger partial charge on any atom is -0.463 e. The van der Waals surface area contributed by atoms with Crippen LogP contribution in [0.15, 0.2) is 80.8 Å². The van der Waals surface area contributed by atoms with Crippen molar-refractivity contribution in [2.45, 2.75) is 17.0 Å². The highest BCUT2D eigenvalue weighted by Gasteiger charge is 2.08. The SMILES string of the molecule is C/C(=N/NC(=O)c1ccc(CSc2nc3ccccc3s2)cc1)c1ccco1. The molecule has 0 spiro atoms. The lowest BCUT2D eigenvalue weighted by Gasteiger charge is -2.03. The number of hydrogen-bond donors (Lipinski definition) is 1. The Morgan fingerprint density at radius 3 is 2.71 bits per heavy atom. The van der Waals surface area contributed by atoms with Gasteiger partial charge < -0.3 is 4.42 Å². The van der Waals surface area contributed by atoms with Gasteiger partial charge >= 0.3 is 0 Å². The third-order valence-electron chi connectivity index (χ3n) is 4.06. The second-order valence-corrected chi connectivity index (χ2v) is 8.30. The molecule has 0 saturated carbocycles. The summed E-state index contributed by atoms with van der Waals surface area (Å²) in [5, 5.41) is 4.07. The van der Waals surface area contributed by atoms with Crippen LogP contribution in [0.3, 0.4) is 0 Å². The summed E-state index contributed by atoms with van der Waals surface area (Å²) in [6, 6.07) is 19.2. The number of rotatable bonds is 6. The molecule has 28 heavy (non-hydrogen) atoms. The Labute approximate surface area is 170 Å². The molecular weight excluding hydrogens is 390 g/mol. The molecule has 4 aromatic rings. The van der Waals surface area contributed by atoms with E-state index in [1.807, 2.05) is 30.3 Å². The topological polar surface area (TPSA) is 67.5 Å². The van der Waals surface area contributed by atoms with Gasteiger partial charge in [0.05, 0.1) is 16.5 Å². The molecule has 2 aromatic heterocycles. The van der Waals surface area contributed by atoms with E-state index in [1.54, 1.807) is 60.6 Å². The lowest BCUT2D eigenvalue weighted by Crippen LogP contribution is -2.19. The molecule has 4 rings (SSSR count). The number of nitrogens with one attached hydrogen (secondary N) is 1. The summed E-state index contributed by atoms with van der Waals surface area (Å²) in [4.78, 5) is 16.9. The van der Waals surface area contributed by atoms with Crippen molar-refractivity contribution in [3.63, 3.8) is 0 Å². The van der Waals surface area contributed by atoms with E-state index >= 15 is 0 Å². The molecule has 0 aliphatic carbocycles. The first-order chi connectivity index (χ1) is 13.7. The standard InChI is InChI=1S/C21H17N3O2S2/c1-14(18-6-4-12-26-18)23-24-20(25)16-10-8-15(9-11-16)13-27-21-22-17-5-2-3-7-19(17)28-21/h2-12H,13H2,1H3,(H,24,25)/b23-14-. The molecule has 140 valence electrons. The number of carbonyl (C=O) groups excluding carboxylic acids is 1. The largest absolute Gasteiger partial charge is 0.463 e. The minimum absolute atomic E-state index is 0.253. The summed E-state index contributed by atoms with van der Waals surface area (Å²) in [6.45, 7) is 1.78. The molecule has 0 saturated heterocycles. The number of amides is 1. The number of carbonyl (C=O) groups is 1. The molecule has 0 atom stereocenters. The number of thioether (sulfide) groups is 1. The molecule has 0 bridgehead atoms. The van der Waals surface area contributed by atoms with Gasteiger partial charge in [0.25, 0.3) is 5.91 Å². The van der Waals surface area contributed by atoms with Gasteiger partial charge in [0.15, 0.2) is 4.34 Å². The molecule has 0 aliphatic rings. The summed E-state index contributed by atoms with van der Waals surface area (Å²) in [7, 11) is 0. The second kappa shape index (κ2) is 8.41. The van der Waals surface area contributed by atoms with Crippen molar-refractivity contribution < 1.29 is 9.21 Å². The number of para-hydroxylation sites is 1. The van der Waals surface area contributed by atoms with E-state index in [-0.39, 0.29) is 5.91 Å². The highest BCUT2D eigenvalue weighted by atomic mass is 32.2. The average Bonchev–Trinajstić information content (AvgIpc) is 3.40. The van der Waals surface area contributed by atoms with Crippen LogP contribution in [0, 0.1) is 0 Å². The van der Waals surface area contributed by atoms with Crippen molar-refractivity contribution in [2.24, 2.45) is 5.10 Å². The summed E-state index contributed by atoms with van der Waals surface area (Å²) >= 11 is 3.40. The Balaban J connectivity index is 1.35. The van der Waals surface area contributed by atoms with Crippen LogP contribution < -0.4 is 5.43 Å². The van der Waals surface area contributed by atoms with E-state index < -0.39 is 0 Å². The van der Waals surface area contributed by atoms with E-state index in [4.69, 9.17) is 4.42 Å². The van der Waals surface area contributed by atoms with Crippen LogP contribution in [-0.2, 0) is 5.75 Å². The zero-order chi connectivity index (χ0) is 19.3. The smallest absolute Gasteiger partial charge is 0.271 e. The Bertz CT molecular complexity index is 1080. The van der Waals surface area contributed by atoms with Crippen LogP contribution in [0.4, 0.5) is 0 Å². The number of hydrazone groups is 1. The fourth-order valence-corrected chi connectivity index (χ4v) is 4.57. The van der Waals surface area contributed by atoms with Crippen LogP contribution >= 0.6 is 23.1 Å². The second-order valence-electron chi connectivity index (χ2n) is 6.05. The normalized spacial score (nSPS) is 11.7. The Morgan fingerprint density at radius 2 is 1.96 bits per heavy atom. The predicted molar refractivity (Wildman–Crippen MR) is 114 cm³/mol. The summed E-state index contributed by atoms with van der Waals surface area (Å²) in [6.07, 6.45) is 1.57. The van der Waals surface area contributed by atoms with Gasteiger partial charge in [-0.15, -0.1) is 11.3 Å². The number of nitrogens with zero attached hydrogens (tertiary/aromatic N) is 2. The highest BCUT2D eigenvalue weighted by molar-refractivity contribution is 8.00. The fraction of sp³-hybridized carbons (Fsp3) is 0.0952. The average molecular weight is 408 g/mol. The molecule has 0 fully saturated rings. The molecule has 0 radical (unpaired) electrons. The van der Waals surface area contributed by atoms with Gasteiger partial charge in [-0.3, -0.25) is 4.79 Å². The maximum absolute atomic E-state index is 12.2. The molecule has 7 heteroatoms. The molecular formula is C21H17N3O2S2. The Kier molecular flexibility index (Phi) is 5.55. The van der Waals surface area contributed by atoms with Crippen molar-refractivity contribution in [1.82, 2.24) is 10.4 Å². The van der Waals surface area contributed by atoms with Crippen LogP contribution in [0.1, 0.15) is 28.6 Å². The summed E-state index contributed by atoms with van der Waals surface area (Å²) < 4.78 is 7.49. The maximum Gasteiger partial charge on any atom is 0.271 e. The Morgan fingerprint density at radius 1 is 1.14 bits per heavy atom. The van der Waals surface area contributed by atoms with Crippen LogP contribution in [0.25, 0.3) is 10.2 Å². The van der Waals surface area contributed by atoms with E-state index in [1.165, 1.54) is 4.70 Å². The van der Waals surface area contributed by atoms with Crippen LogP contribution in [-0.4, -0.2) is 16.6 Å². The van der Waals surface area contributed by atoms with Crippen molar-refractivity contribution in [1.29, 1.82) is 0 Å². The maximum atomic E-state index is 12.2. The van der Waals surface area contributed by atoms with Gasteiger partial charge in [-0.05, 0) is 48.9 Å². The Hall–Kier alpha value is -2.90. The number of thiazole rings is 1. The molecule has 0 unspecified atom stereocenters. The number of hydrogen-bond acceptors (Lipinski definition) is 6. The monoisotopic (exact) mass is 407 g/mol. The van der Waals surface area contributed by atoms with Gasteiger partial charge in [0, 0.05) is 11.3 Å². The highest BCUT2D eigenvalue weighted by Crippen LogP contribution is 2.31. The lowest BCUT2D eigenvalue weighted by molar-refractivity contribution is 0.0955. The zero-order valence-electron chi connectivity index (χ0n) is 15.1. The van der Waals surface area contributed by atoms with Gasteiger partial charge in [0.2, 0.25) is 0 Å². The van der Waals surface area contributed by atoms with Gasteiger partial charge in [-0.25, -0.2) is 10.4 Å². The number of benzene rings is 2. The third kappa shape index (κ3) is 4.32. The molecule has 1 amide bonds. The summed E-state index contributed by atoms with van der Waals surface area (Å²) in [5.41, 5.74) is 5.90. The first kappa shape index (κ1) is 18.5. The van der Waals surface area contributed by atoms with E-state index in [0.29, 0.717) is 17.0 Å². The van der Waals surface area contributed by atoms with Crippen LogP contribution in [0.5, 0.6) is 0 Å². The van der Waals surface area contributed by atoms with Gasteiger partial charge in [-0.1, -0.05) is 36.0 Å². The quantitative estimate of drug-likeness (QED) is 0.266. The van der Waals surface area contributed by atoms with Crippen molar-refractivity contribution >= 4 is 44.9 Å². The lowest BCUT2D eigenvalue weighted by atomic mass is 10.1. The molecule has 2 aromatic carbocycles. The zero-order valence-corrected chi connectivity index (χ0v) is 16.7. The van der Waals surface area contributed by atoms with Crippen molar-refractivity contribution in [3.8, 4) is 0 Å². The number of furan rings is 1.